The Morgan fingerprint density at radius 3 is 0.875 bits per heavy atom. The fourth-order valence-corrected chi connectivity index (χ4v) is 7.02. The predicted molar refractivity (Wildman–Crippen MR) is 237 cm³/mol. The number of nitrogens with zero attached hydrogens (tertiary/aromatic N) is 4. The van der Waals surface area contributed by atoms with Crippen molar-refractivity contribution < 1.29 is 0 Å². The number of rotatable bonds is 10. The molecule has 0 aliphatic rings. The molecule has 0 spiro atoms. The minimum absolute atomic E-state index is 0.882. The average Bonchev–Trinajstić information content (AvgIpc) is 3.27. The van der Waals surface area contributed by atoms with Gasteiger partial charge in [0.25, 0.3) is 0 Å². The van der Waals surface area contributed by atoms with Crippen LogP contribution in [0, 0.1) is 0 Å². The summed E-state index contributed by atoms with van der Waals surface area (Å²) in [4.78, 5) is 14.7. The van der Waals surface area contributed by atoms with Crippen molar-refractivity contribution >= 4 is 80.2 Å². The molecule has 9 aromatic rings. The first-order chi connectivity index (χ1) is 27.7. The van der Waals surface area contributed by atoms with E-state index in [4.69, 9.17) is 9.97 Å². The topological polar surface area (TPSA) is 32.3 Å². The molecule has 2 aromatic heterocycles. The molecule has 7 aromatic carbocycles. The molecule has 0 amide bonds. The van der Waals surface area contributed by atoms with Gasteiger partial charge >= 0.3 is 0 Å². The quantitative estimate of drug-likeness (QED) is 0.132. The second-order valence-electron chi connectivity index (χ2n) is 13.5. The SMILES string of the molecule is C(=C\c1ccc2ccc3ccc(/C=C/c4ccc(N(c5ccccc5)c5ccccc5)cc4)nc3c2n1)/c1ccc(N(c2ccccc2)c2ccccc2)cc1. The first-order valence-corrected chi connectivity index (χ1v) is 18.8. The van der Waals surface area contributed by atoms with Crippen LogP contribution in [0.25, 0.3) is 46.1 Å². The van der Waals surface area contributed by atoms with Crippen molar-refractivity contribution in [2.75, 3.05) is 9.80 Å². The summed E-state index contributed by atoms with van der Waals surface area (Å²) in [5, 5.41) is 2.12. The number of aromatic nitrogens is 2. The van der Waals surface area contributed by atoms with Gasteiger partial charge in [0.15, 0.2) is 0 Å². The van der Waals surface area contributed by atoms with Crippen LogP contribution in [0.4, 0.5) is 34.1 Å². The molecular formula is C52H38N4. The molecule has 0 fully saturated rings. The fraction of sp³-hybridized carbons (Fsp3) is 0. The summed E-state index contributed by atoms with van der Waals surface area (Å²) in [6, 6.07) is 71.7. The van der Waals surface area contributed by atoms with E-state index in [0.29, 0.717) is 0 Å². The molecule has 0 saturated carbocycles. The number of anilines is 6. The number of para-hydroxylation sites is 4. The summed E-state index contributed by atoms with van der Waals surface area (Å²) in [5.41, 5.74) is 12.4. The van der Waals surface area contributed by atoms with Crippen LogP contribution in [-0.2, 0) is 0 Å². The molecule has 0 N–H and O–H groups in total. The summed E-state index contributed by atoms with van der Waals surface area (Å²) < 4.78 is 0. The Labute approximate surface area is 327 Å². The highest BCUT2D eigenvalue weighted by Gasteiger charge is 2.13. The van der Waals surface area contributed by atoms with E-state index in [-0.39, 0.29) is 0 Å². The highest BCUT2D eigenvalue weighted by molar-refractivity contribution is 6.03. The maximum Gasteiger partial charge on any atom is 0.0972 e. The minimum Gasteiger partial charge on any atom is -0.311 e. The molecule has 0 unspecified atom stereocenters. The zero-order valence-electron chi connectivity index (χ0n) is 30.7. The molecule has 9 rings (SSSR count). The van der Waals surface area contributed by atoms with E-state index in [1.165, 1.54) is 0 Å². The Hall–Kier alpha value is -7.56. The second-order valence-corrected chi connectivity index (χ2v) is 13.5. The summed E-state index contributed by atoms with van der Waals surface area (Å²) in [5.74, 6) is 0. The van der Waals surface area contributed by atoms with Crippen molar-refractivity contribution in [2.45, 2.75) is 0 Å². The van der Waals surface area contributed by atoms with Gasteiger partial charge in [0.2, 0.25) is 0 Å². The first-order valence-electron chi connectivity index (χ1n) is 18.8. The van der Waals surface area contributed by atoms with E-state index in [2.05, 4.69) is 216 Å². The minimum atomic E-state index is 0.882. The summed E-state index contributed by atoms with van der Waals surface area (Å²) in [6.07, 6.45) is 8.38. The second kappa shape index (κ2) is 15.8. The standard InChI is InChI=1S/C52H38N4/c1-5-13-45(14-6-1)55(46-15-7-2-8-16-46)49-35-23-39(24-36-49)21-31-43-33-29-41-27-28-42-30-34-44(54-52(42)51(41)53-43)32-22-40-25-37-50(38-26-40)56(47-17-9-3-10-18-47)48-19-11-4-12-20-48/h1-38H/b31-21+,32-22+. The van der Waals surface area contributed by atoms with Gasteiger partial charge in [0.1, 0.15) is 0 Å². The van der Waals surface area contributed by atoms with Crippen LogP contribution in [-0.4, -0.2) is 9.97 Å². The fourth-order valence-electron chi connectivity index (χ4n) is 7.02. The maximum absolute atomic E-state index is 5.09. The molecule has 0 bridgehead atoms. The van der Waals surface area contributed by atoms with Gasteiger partial charge in [-0.15, -0.1) is 0 Å². The van der Waals surface area contributed by atoms with Crippen molar-refractivity contribution in [3.63, 3.8) is 0 Å². The number of benzene rings is 7. The van der Waals surface area contributed by atoms with E-state index >= 15 is 0 Å². The van der Waals surface area contributed by atoms with Crippen molar-refractivity contribution in [3.8, 4) is 0 Å². The highest BCUT2D eigenvalue weighted by atomic mass is 15.1. The third kappa shape index (κ3) is 7.45. The van der Waals surface area contributed by atoms with Crippen LogP contribution >= 0.6 is 0 Å². The smallest absolute Gasteiger partial charge is 0.0972 e. The van der Waals surface area contributed by atoms with Gasteiger partial charge in [-0.2, -0.15) is 0 Å². The van der Waals surface area contributed by atoms with E-state index in [1.54, 1.807) is 0 Å². The maximum atomic E-state index is 5.09. The van der Waals surface area contributed by atoms with Gasteiger partial charge in [-0.1, -0.05) is 133 Å². The number of pyridine rings is 2. The molecular weight excluding hydrogens is 681 g/mol. The normalized spacial score (nSPS) is 11.4. The Bertz CT molecular complexity index is 2490. The molecule has 56 heavy (non-hydrogen) atoms. The van der Waals surface area contributed by atoms with Crippen molar-refractivity contribution in [1.29, 1.82) is 0 Å². The van der Waals surface area contributed by atoms with E-state index < -0.39 is 0 Å². The van der Waals surface area contributed by atoms with Gasteiger partial charge in [-0.05, 0) is 108 Å². The van der Waals surface area contributed by atoms with Gasteiger partial charge in [0, 0.05) is 44.9 Å². The number of fused-ring (bicyclic) bond motifs is 3. The molecule has 0 radical (unpaired) electrons. The monoisotopic (exact) mass is 718 g/mol. The predicted octanol–water partition coefficient (Wildman–Crippen LogP) is 14.1. The van der Waals surface area contributed by atoms with Gasteiger partial charge < -0.3 is 9.80 Å². The molecule has 0 aliphatic heterocycles. The zero-order valence-corrected chi connectivity index (χ0v) is 30.7. The van der Waals surface area contributed by atoms with E-state index in [1.807, 2.05) is 24.3 Å². The van der Waals surface area contributed by atoms with Gasteiger partial charge in [-0.3, -0.25) is 0 Å². The number of hydrogen-bond donors (Lipinski definition) is 0. The van der Waals surface area contributed by atoms with Crippen LogP contribution in [0.2, 0.25) is 0 Å². The first kappa shape index (κ1) is 34.2. The lowest BCUT2D eigenvalue weighted by molar-refractivity contribution is 1.28. The average molecular weight is 719 g/mol. The summed E-state index contributed by atoms with van der Waals surface area (Å²) >= 11 is 0. The van der Waals surface area contributed by atoms with Gasteiger partial charge in [0.05, 0.1) is 22.4 Å². The lowest BCUT2D eigenvalue weighted by atomic mass is 10.1. The van der Waals surface area contributed by atoms with Crippen LogP contribution in [0.5, 0.6) is 0 Å². The van der Waals surface area contributed by atoms with Crippen LogP contribution in [0.3, 0.4) is 0 Å². The van der Waals surface area contributed by atoms with Crippen LogP contribution < -0.4 is 9.80 Å². The summed E-state index contributed by atoms with van der Waals surface area (Å²) in [7, 11) is 0. The van der Waals surface area contributed by atoms with Crippen LogP contribution in [0.1, 0.15) is 22.5 Å². The third-order valence-corrected chi connectivity index (χ3v) is 9.82. The molecule has 0 saturated heterocycles. The molecule has 0 atom stereocenters. The van der Waals surface area contributed by atoms with Crippen molar-refractivity contribution in [3.05, 3.63) is 229 Å². The molecule has 0 aliphatic carbocycles. The van der Waals surface area contributed by atoms with E-state index in [0.717, 1.165) is 78.4 Å². The van der Waals surface area contributed by atoms with Crippen molar-refractivity contribution in [2.24, 2.45) is 0 Å². The van der Waals surface area contributed by atoms with Gasteiger partial charge in [-0.25, -0.2) is 9.97 Å². The Morgan fingerprint density at radius 2 is 0.554 bits per heavy atom. The van der Waals surface area contributed by atoms with Crippen LogP contribution in [0.15, 0.2) is 206 Å². The van der Waals surface area contributed by atoms with E-state index in [9.17, 15) is 0 Å². The molecule has 4 heteroatoms. The summed E-state index contributed by atoms with van der Waals surface area (Å²) in [6.45, 7) is 0. The Kier molecular flexibility index (Phi) is 9.66. The Balaban J connectivity index is 0.953. The Morgan fingerprint density at radius 1 is 0.268 bits per heavy atom. The lowest BCUT2D eigenvalue weighted by Crippen LogP contribution is -2.09. The molecule has 266 valence electrons. The largest absolute Gasteiger partial charge is 0.311 e. The third-order valence-electron chi connectivity index (χ3n) is 9.82. The zero-order chi connectivity index (χ0) is 37.5. The molecule has 2 heterocycles. The lowest BCUT2D eigenvalue weighted by Gasteiger charge is -2.25. The highest BCUT2D eigenvalue weighted by Crippen LogP contribution is 2.36. The van der Waals surface area contributed by atoms with Crippen molar-refractivity contribution in [1.82, 2.24) is 9.97 Å². The molecule has 4 nitrogen and oxygen atoms in total. The number of hydrogen-bond acceptors (Lipinski definition) is 4.